The molecular weight excluding hydrogens is 328 g/mol. The number of carbonyl (C=O) groups is 3. The lowest BCUT2D eigenvalue weighted by molar-refractivity contribution is -0.135. The van der Waals surface area contributed by atoms with E-state index < -0.39 is 24.4 Å². The molecule has 0 saturated carbocycles. The topological polar surface area (TPSA) is 115 Å². The van der Waals surface area contributed by atoms with Crippen LogP contribution in [0.15, 0.2) is 12.3 Å². The summed E-state index contributed by atoms with van der Waals surface area (Å²) in [6.07, 6.45) is 6.44. The summed E-state index contributed by atoms with van der Waals surface area (Å²) in [5, 5.41) is 10.8. The molecule has 8 nitrogen and oxygen atoms in total. The van der Waals surface area contributed by atoms with Gasteiger partial charge in [-0.25, -0.2) is 9.78 Å². The number of amides is 1. The number of carbonyl (C=O) groups excluding carboxylic acids is 2. The van der Waals surface area contributed by atoms with Crippen LogP contribution in [0.1, 0.15) is 59.9 Å². The van der Waals surface area contributed by atoms with Gasteiger partial charge in [0.1, 0.15) is 6.54 Å². The van der Waals surface area contributed by atoms with Crippen molar-refractivity contribution >= 4 is 17.8 Å². The lowest BCUT2D eigenvalue weighted by Gasteiger charge is -2.09. The number of nitrogens with zero attached hydrogens (tertiary/aromatic N) is 1. The van der Waals surface area contributed by atoms with Crippen LogP contribution in [0.2, 0.25) is 0 Å². The summed E-state index contributed by atoms with van der Waals surface area (Å²) in [6.45, 7) is 1.92. The van der Waals surface area contributed by atoms with Crippen LogP contribution >= 0.6 is 0 Å². The number of pyridine rings is 1. The first-order valence-corrected chi connectivity index (χ1v) is 8.20. The quantitative estimate of drug-likeness (QED) is 0.462. The van der Waals surface area contributed by atoms with E-state index in [1.165, 1.54) is 25.8 Å². The van der Waals surface area contributed by atoms with Crippen molar-refractivity contribution in [2.24, 2.45) is 0 Å². The zero-order valence-electron chi connectivity index (χ0n) is 14.5. The van der Waals surface area contributed by atoms with Gasteiger partial charge >= 0.3 is 11.9 Å². The highest BCUT2D eigenvalue weighted by Gasteiger charge is 2.18. The van der Waals surface area contributed by atoms with Crippen LogP contribution in [0.3, 0.4) is 0 Å². The molecule has 1 aromatic rings. The Balaban J connectivity index is 2.62. The summed E-state index contributed by atoms with van der Waals surface area (Å²) in [4.78, 5) is 38.3. The minimum absolute atomic E-state index is 0.0697. The Kier molecular flexibility index (Phi) is 8.99. The normalized spacial score (nSPS) is 10.2. The monoisotopic (exact) mass is 352 g/mol. The lowest BCUT2D eigenvalue weighted by Crippen LogP contribution is -2.30. The van der Waals surface area contributed by atoms with Gasteiger partial charge in [0.25, 0.3) is 5.91 Å². The van der Waals surface area contributed by atoms with Gasteiger partial charge in [0.05, 0.1) is 19.3 Å². The molecule has 1 rings (SSSR count). The molecule has 0 bridgehead atoms. The summed E-state index contributed by atoms with van der Waals surface area (Å²) in [5.74, 6) is -2.35. The van der Waals surface area contributed by atoms with E-state index in [0.717, 1.165) is 25.7 Å². The van der Waals surface area contributed by atoms with Crippen molar-refractivity contribution in [2.45, 2.75) is 39.0 Å². The first kappa shape index (κ1) is 20.4. The molecule has 0 fully saturated rings. The molecule has 0 atom stereocenters. The van der Waals surface area contributed by atoms with Gasteiger partial charge < -0.3 is 19.9 Å². The number of rotatable bonds is 11. The number of aliphatic carboxylic acids is 1. The summed E-state index contributed by atoms with van der Waals surface area (Å²) >= 11 is 0. The Morgan fingerprint density at radius 2 is 1.92 bits per heavy atom. The third-order valence-corrected chi connectivity index (χ3v) is 3.40. The van der Waals surface area contributed by atoms with Crippen LogP contribution in [0.5, 0.6) is 5.75 Å². The van der Waals surface area contributed by atoms with Gasteiger partial charge in [0.2, 0.25) is 0 Å². The van der Waals surface area contributed by atoms with E-state index in [2.05, 4.69) is 17.2 Å². The fourth-order valence-corrected chi connectivity index (χ4v) is 2.08. The minimum Gasteiger partial charge on any atom is -0.494 e. The van der Waals surface area contributed by atoms with E-state index in [0.29, 0.717) is 6.61 Å². The van der Waals surface area contributed by atoms with Crippen molar-refractivity contribution in [3.8, 4) is 5.75 Å². The van der Waals surface area contributed by atoms with Crippen LogP contribution < -0.4 is 10.1 Å². The number of nitrogens with one attached hydrogen (secondary N) is 1. The van der Waals surface area contributed by atoms with Crippen molar-refractivity contribution in [2.75, 3.05) is 20.3 Å². The molecule has 0 unspecified atom stereocenters. The lowest BCUT2D eigenvalue weighted by atomic mass is 10.2. The number of unbranched alkanes of at least 4 members (excludes halogenated alkanes) is 4. The SMILES string of the molecule is CCCCCCCOC(=O)c1cnc(C(=O)NCC(=O)O)c(OC)c1. The summed E-state index contributed by atoms with van der Waals surface area (Å²) in [5.41, 5.74) is 0.0695. The van der Waals surface area contributed by atoms with Gasteiger partial charge in [-0.1, -0.05) is 32.6 Å². The molecule has 2 N–H and O–H groups in total. The fourth-order valence-electron chi connectivity index (χ4n) is 2.08. The molecule has 0 aliphatic heterocycles. The molecular formula is C17H24N2O6. The predicted octanol–water partition coefficient (Wildman–Crippen LogP) is 2.03. The highest BCUT2D eigenvalue weighted by atomic mass is 16.5. The number of hydrogen-bond donors (Lipinski definition) is 2. The average Bonchev–Trinajstić information content (AvgIpc) is 2.61. The van der Waals surface area contributed by atoms with E-state index in [1.807, 2.05) is 0 Å². The van der Waals surface area contributed by atoms with Crippen molar-refractivity contribution in [3.63, 3.8) is 0 Å². The van der Waals surface area contributed by atoms with E-state index in [1.54, 1.807) is 0 Å². The highest BCUT2D eigenvalue weighted by Crippen LogP contribution is 2.18. The molecule has 1 heterocycles. The molecule has 0 saturated heterocycles. The summed E-state index contributed by atoms with van der Waals surface area (Å²) in [7, 11) is 1.33. The third kappa shape index (κ3) is 7.19. The maximum Gasteiger partial charge on any atom is 0.339 e. The number of carboxylic acids is 1. The van der Waals surface area contributed by atoms with Gasteiger partial charge in [0.15, 0.2) is 11.4 Å². The minimum atomic E-state index is -1.17. The van der Waals surface area contributed by atoms with Gasteiger partial charge in [-0.2, -0.15) is 0 Å². The number of carboxylic acid groups (broad SMARTS) is 1. The Bertz CT molecular complexity index is 603. The Morgan fingerprint density at radius 1 is 1.20 bits per heavy atom. The average molecular weight is 352 g/mol. The molecule has 25 heavy (non-hydrogen) atoms. The maximum absolute atomic E-state index is 12.0. The van der Waals surface area contributed by atoms with E-state index in [9.17, 15) is 14.4 Å². The number of aromatic nitrogens is 1. The Morgan fingerprint density at radius 3 is 2.56 bits per heavy atom. The number of ether oxygens (including phenoxy) is 2. The van der Waals surface area contributed by atoms with Crippen molar-refractivity contribution < 1.29 is 29.0 Å². The second-order valence-electron chi connectivity index (χ2n) is 5.40. The molecule has 0 aliphatic rings. The molecule has 1 aromatic heterocycles. The third-order valence-electron chi connectivity index (χ3n) is 3.40. The molecule has 1 amide bonds. The summed E-state index contributed by atoms with van der Waals surface area (Å²) in [6, 6.07) is 1.35. The van der Waals surface area contributed by atoms with E-state index in [4.69, 9.17) is 14.6 Å². The number of methoxy groups -OCH3 is 1. The fraction of sp³-hybridized carbons (Fsp3) is 0.529. The maximum atomic E-state index is 12.0. The van der Waals surface area contributed by atoms with Crippen LogP contribution in [0.25, 0.3) is 0 Å². The molecule has 8 heteroatoms. The highest BCUT2D eigenvalue weighted by molar-refractivity contribution is 5.98. The van der Waals surface area contributed by atoms with Gasteiger partial charge in [-0.15, -0.1) is 0 Å². The molecule has 0 spiro atoms. The van der Waals surface area contributed by atoms with Gasteiger partial charge in [-0.3, -0.25) is 9.59 Å². The smallest absolute Gasteiger partial charge is 0.339 e. The Hall–Kier alpha value is -2.64. The van der Waals surface area contributed by atoms with Crippen LogP contribution in [0, 0.1) is 0 Å². The molecule has 0 aromatic carbocycles. The largest absolute Gasteiger partial charge is 0.494 e. The summed E-state index contributed by atoms with van der Waals surface area (Å²) < 4.78 is 10.2. The second-order valence-corrected chi connectivity index (χ2v) is 5.40. The Labute approximate surface area is 146 Å². The van der Waals surface area contributed by atoms with Crippen LogP contribution in [0.4, 0.5) is 0 Å². The molecule has 138 valence electrons. The predicted molar refractivity (Wildman–Crippen MR) is 89.8 cm³/mol. The standard InChI is InChI=1S/C17H24N2O6/c1-3-4-5-6-7-8-25-17(23)12-9-13(24-2)15(18-10-12)16(22)19-11-14(20)21/h9-10H,3-8,11H2,1-2H3,(H,19,22)(H,20,21). The number of esters is 1. The van der Waals surface area contributed by atoms with Gasteiger partial charge in [-0.05, 0) is 12.5 Å². The van der Waals surface area contributed by atoms with Crippen LogP contribution in [-0.2, 0) is 9.53 Å². The second kappa shape index (κ2) is 11.0. The first-order chi connectivity index (χ1) is 12.0. The molecule has 0 aliphatic carbocycles. The van der Waals surface area contributed by atoms with Crippen molar-refractivity contribution in [1.82, 2.24) is 10.3 Å². The van der Waals surface area contributed by atoms with E-state index >= 15 is 0 Å². The zero-order valence-corrected chi connectivity index (χ0v) is 14.5. The first-order valence-electron chi connectivity index (χ1n) is 8.20. The van der Waals surface area contributed by atoms with Crippen molar-refractivity contribution in [3.05, 3.63) is 23.5 Å². The number of hydrogen-bond acceptors (Lipinski definition) is 6. The van der Waals surface area contributed by atoms with Gasteiger partial charge in [0, 0.05) is 6.20 Å². The molecule has 0 radical (unpaired) electrons. The van der Waals surface area contributed by atoms with Crippen LogP contribution in [-0.4, -0.2) is 48.2 Å². The van der Waals surface area contributed by atoms with Crippen molar-refractivity contribution in [1.29, 1.82) is 0 Å². The zero-order chi connectivity index (χ0) is 18.7. The van der Waals surface area contributed by atoms with E-state index in [-0.39, 0.29) is 17.0 Å².